The number of hydrogen-bond acceptors (Lipinski definition) is 4. The molecule has 2 aromatic carbocycles. The van der Waals surface area contributed by atoms with Gasteiger partial charge in [0.05, 0.1) is 12.3 Å². The monoisotopic (exact) mass is 328 g/mol. The fourth-order valence-electron chi connectivity index (χ4n) is 2.02. The number of hydrogen-bond donors (Lipinski definition) is 1. The van der Waals surface area contributed by atoms with Crippen LogP contribution >= 0.6 is 11.8 Å². The minimum Gasteiger partial charge on any atom is -0.494 e. The zero-order valence-corrected chi connectivity index (χ0v) is 14.1. The Morgan fingerprint density at radius 1 is 1.22 bits per heavy atom. The first kappa shape index (κ1) is 17.1. The summed E-state index contributed by atoms with van der Waals surface area (Å²) in [4.78, 5) is 15.9. The topological polar surface area (TPSA) is 64.7 Å². The first-order valence-corrected chi connectivity index (χ1v) is 8.37. The van der Waals surface area contributed by atoms with Gasteiger partial charge in [0.15, 0.2) is 11.0 Å². The predicted molar refractivity (Wildman–Crippen MR) is 96.6 cm³/mol. The van der Waals surface area contributed by atoms with Crippen LogP contribution in [-0.4, -0.2) is 17.6 Å². The molecule has 2 rings (SSSR count). The van der Waals surface area contributed by atoms with Gasteiger partial charge < -0.3 is 10.5 Å². The molecule has 23 heavy (non-hydrogen) atoms. The number of ether oxygens (including phenoxy) is 1. The van der Waals surface area contributed by atoms with Crippen molar-refractivity contribution in [2.45, 2.75) is 19.6 Å². The zero-order valence-electron chi connectivity index (χ0n) is 13.3. The third-order valence-corrected chi connectivity index (χ3v) is 3.98. The lowest BCUT2D eigenvalue weighted by Crippen LogP contribution is -2.07. The first-order valence-electron chi connectivity index (χ1n) is 7.38. The van der Waals surface area contributed by atoms with E-state index in [2.05, 4.69) is 4.99 Å². The summed E-state index contributed by atoms with van der Waals surface area (Å²) < 4.78 is 5.62. The number of para-hydroxylation sites is 1. The van der Waals surface area contributed by atoms with Gasteiger partial charge in [-0.3, -0.25) is 4.79 Å². The third-order valence-electron chi connectivity index (χ3n) is 3.14. The van der Waals surface area contributed by atoms with E-state index in [0.717, 1.165) is 17.0 Å². The van der Waals surface area contributed by atoms with Gasteiger partial charge in [-0.25, -0.2) is 4.99 Å². The smallest absolute Gasteiger partial charge is 0.159 e. The molecule has 0 spiro atoms. The van der Waals surface area contributed by atoms with E-state index in [4.69, 9.17) is 10.5 Å². The molecular weight excluding hydrogens is 308 g/mol. The van der Waals surface area contributed by atoms with Gasteiger partial charge >= 0.3 is 0 Å². The molecule has 0 aliphatic carbocycles. The van der Waals surface area contributed by atoms with Crippen LogP contribution in [0.3, 0.4) is 0 Å². The fraction of sp³-hybridized carbons (Fsp3) is 0.222. The molecule has 5 heteroatoms. The third kappa shape index (κ3) is 5.14. The highest BCUT2D eigenvalue weighted by Gasteiger charge is 2.09. The molecule has 2 aromatic rings. The van der Waals surface area contributed by atoms with Crippen molar-refractivity contribution >= 4 is 28.4 Å². The summed E-state index contributed by atoms with van der Waals surface area (Å²) in [5, 5.41) is 0.479. The van der Waals surface area contributed by atoms with Crippen LogP contribution in [0, 0.1) is 0 Å². The van der Waals surface area contributed by atoms with E-state index in [0.29, 0.717) is 23.1 Å². The van der Waals surface area contributed by atoms with Crippen LogP contribution in [0.15, 0.2) is 53.5 Å². The molecule has 0 bridgehead atoms. The maximum atomic E-state index is 11.6. The molecule has 0 aliphatic rings. The number of Topliss-reactive ketones (excluding diaryl/α,β-unsaturated/α-hetero) is 1. The van der Waals surface area contributed by atoms with Gasteiger partial charge in [0.25, 0.3) is 0 Å². The number of rotatable bonds is 6. The van der Waals surface area contributed by atoms with Crippen molar-refractivity contribution in [2.75, 3.05) is 6.61 Å². The largest absolute Gasteiger partial charge is 0.494 e. The lowest BCUT2D eigenvalue weighted by molar-refractivity contribution is 0.101. The summed E-state index contributed by atoms with van der Waals surface area (Å²) in [6.07, 6.45) is 0. The molecule has 0 atom stereocenters. The van der Waals surface area contributed by atoms with Crippen LogP contribution in [0.5, 0.6) is 5.75 Å². The van der Waals surface area contributed by atoms with Gasteiger partial charge in [-0.2, -0.15) is 0 Å². The molecule has 2 N–H and O–H groups in total. The van der Waals surface area contributed by atoms with Gasteiger partial charge in [0, 0.05) is 16.9 Å². The second-order valence-corrected chi connectivity index (χ2v) is 5.88. The highest BCUT2D eigenvalue weighted by molar-refractivity contribution is 8.13. The van der Waals surface area contributed by atoms with Crippen molar-refractivity contribution in [2.24, 2.45) is 10.7 Å². The molecule has 4 nitrogen and oxygen atoms in total. The average molecular weight is 328 g/mol. The molecule has 120 valence electrons. The lowest BCUT2D eigenvalue weighted by atomic mass is 10.1. The average Bonchev–Trinajstić information content (AvgIpc) is 2.55. The molecule has 0 heterocycles. The van der Waals surface area contributed by atoms with E-state index >= 15 is 0 Å². The van der Waals surface area contributed by atoms with Crippen molar-refractivity contribution in [3.8, 4) is 5.75 Å². The van der Waals surface area contributed by atoms with Crippen molar-refractivity contribution in [3.05, 3.63) is 59.7 Å². The molecule has 0 saturated heterocycles. The summed E-state index contributed by atoms with van der Waals surface area (Å²) in [7, 11) is 0. The van der Waals surface area contributed by atoms with Gasteiger partial charge in [0.2, 0.25) is 0 Å². The Morgan fingerprint density at radius 2 is 1.96 bits per heavy atom. The summed E-state index contributed by atoms with van der Waals surface area (Å²) in [6.45, 7) is 4.06. The van der Waals surface area contributed by atoms with E-state index in [-0.39, 0.29) is 5.78 Å². The molecule has 0 aliphatic heterocycles. The SMILES string of the molecule is CCOc1ccc(C(C)=O)cc1CSC(N)=Nc1ccccc1. The van der Waals surface area contributed by atoms with Crippen LogP contribution in [0.4, 0.5) is 5.69 Å². The number of aliphatic imine (C=N–C) groups is 1. The zero-order chi connectivity index (χ0) is 16.7. The Labute approximate surface area is 140 Å². The van der Waals surface area contributed by atoms with Crippen LogP contribution in [0.2, 0.25) is 0 Å². The molecule has 0 unspecified atom stereocenters. The Morgan fingerprint density at radius 3 is 2.61 bits per heavy atom. The second kappa shape index (κ2) is 8.39. The van der Waals surface area contributed by atoms with E-state index in [9.17, 15) is 4.79 Å². The summed E-state index contributed by atoms with van der Waals surface area (Å²) in [5.74, 6) is 1.40. The van der Waals surface area contributed by atoms with Gasteiger partial charge in [0.1, 0.15) is 5.75 Å². The fourth-order valence-corrected chi connectivity index (χ4v) is 2.72. The number of carbonyl (C=O) groups excluding carboxylic acids is 1. The number of amidine groups is 1. The molecule has 0 radical (unpaired) electrons. The second-order valence-electron chi connectivity index (χ2n) is 4.89. The normalized spacial score (nSPS) is 11.3. The molecular formula is C18H20N2O2S. The minimum atomic E-state index is 0.0326. The van der Waals surface area contributed by atoms with E-state index in [1.54, 1.807) is 13.0 Å². The van der Waals surface area contributed by atoms with Crippen LogP contribution < -0.4 is 10.5 Å². The lowest BCUT2D eigenvalue weighted by Gasteiger charge is -2.11. The van der Waals surface area contributed by atoms with E-state index in [1.807, 2.05) is 49.4 Å². The summed E-state index contributed by atoms with van der Waals surface area (Å²) in [6, 6.07) is 15.0. The minimum absolute atomic E-state index is 0.0326. The predicted octanol–water partition coefficient (Wildman–Crippen LogP) is 4.17. The maximum absolute atomic E-state index is 11.6. The number of carbonyl (C=O) groups is 1. The van der Waals surface area contributed by atoms with Crippen molar-refractivity contribution in [1.29, 1.82) is 0 Å². The van der Waals surface area contributed by atoms with E-state index in [1.165, 1.54) is 11.8 Å². The first-order chi connectivity index (χ1) is 11.1. The Balaban J connectivity index is 2.13. The van der Waals surface area contributed by atoms with Crippen molar-refractivity contribution in [1.82, 2.24) is 0 Å². The summed E-state index contributed by atoms with van der Waals surface area (Å²) in [5.41, 5.74) is 8.41. The quantitative estimate of drug-likeness (QED) is 0.491. The van der Waals surface area contributed by atoms with Crippen LogP contribution in [0.25, 0.3) is 0 Å². The van der Waals surface area contributed by atoms with Gasteiger partial charge in [-0.15, -0.1) is 0 Å². The van der Waals surface area contributed by atoms with Crippen LogP contribution in [0.1, 0.15) is 29.8 Å². The Hall–Kier alpha value is -2.27. The highest BCUT2D eigenvalue weighted by atomic mass is 32.2. The van der Waals surface area contributed by atoms with E-state index < -0.39 is 0 Å². The number of ketones is 1. The number of nitrogens with zero attached hydrogens (tertiary/aromatic N) is 1. The Kier molecular flexibility index (Phi) is 6.23. The number of thioether (sulfide) groups is 1. The molecule has 0 amide bonds. The maximum Gasteiger partial charge on any atom is 0.159 e. The highest BCUT2D eigenvalue weighted by Crippen LogP contribution is 2.26. The van der Waals surface area contributed by atoms with Crippen molar-refractivity contribution in [3.63, 3.8) is 0 Å². The van der Waals surface area contributed by atoms with Crippen molar-refractivity contribution < 1.29 is 9.53 Å². The Bertz CT molecular complexity index is 699. The number of nitrogens with two attached hydrogens (primary N) is 1. The van der Waals surface area contributed by atoms with Crippen LogP contribution in [-0.2, 0) is 5.75 Å². The van der Waals surface area contributed by atoms with Gasteiger partial charge in [-0.1, -0.05) is 30.0 Å². The molecule has 0 fully saturated rings. The molecule has 0 saturated carbocycles. The molecule has 0 aromatic heterocycles. The summed E-state index contributed by atoms with van der Waals surface area (Å²) >= 11 is 1.42. The van der Waals surface area contributed by atoms with Gasteiger partial charge in [-0.05, 0) is 44.2 Å². The number of benzene rings is 2. The standard InChI is InChI=1S/C18H20N2O2S/c1-3-22-17-10-9-14(13(2)21)11-15(17)12-23-18(19)20-16-7-5-4-6-8-16/h4-11H,3,12H2,1-2H3,(H2,19,20).